The van der Waals surface area contributed by atoms with Crippen molar-refractivity contribution in [2.45, 2.75) is 11.8 Å². The largest absolute Gasteiger partial charge is 0.496 e. The van der Waals surface area contributed by atoms with E-state index in [0.717, 1.165) is 22.5 Å². The highest BCUT2D eigenvalue weighted by atomic mass is 32.2. The van der Waals surface area contributed by atoms with Crippen molar-refractivity contribution in [2.24, 2.45) is 0 Å². The third kappa shape index (κ3) is 2.95. The molecule has 0 aliphatic heterocycles. The summed E-state index contributed by atoms with van der Waals surface area (Å²) in [6.45, 7) is 1.82. The summed E-state index contributed by atoms with van der Waals surface area (Å²) in [4.78, 5) is 25.2. The van der Waals surface area contributed by atoms with E-state index in [1.165, 1.54) is 25.3 Å². The number of rotatable bonds is 4. The summed E-state index contributed by atoms with van der Waals surface area (Å²) < 4.78 is 31.8. The fraction of sp³-hybridized carbons (Fsp3) is 0.111. The number of hydrogen-bond acceptors (Lipinski definition) is 5. The second-order valence-electron chi connectivity index (χ2n) is 5.57. The number of methoxy groups -OCH3 is 1. The van der Waals surface area contributed by atoms with Crippen LogP contribution in [0.15, 0.2) is 70.6 Å². The van der Waals surface area contributed by atoms with Gasteiger partial charge in [0, 0.05) is 12.4 Å². The average molecular weight is 372 g/mol. The Morgan fingerprint density at radius 2 is 1.65 bits per heavy atom. The molecule has 0 radical (unpaired) electrons. The van der Waals surface area contributed by atoms with Gasteiger partial charge in [-0.2, -0.15) is 3.97 Å². The zero-order valence-corrected chi connectivity index (χ0v) is 14.9. The summed E-state index contributed by atoms with van der Waals surface area (Å²) in [5.74, 6) is -0.385. The minimum Gasteiger partial charge on any atom is -0.496 e. The summed E-state index contributed by atoms with van der Waals surface area (Å²) in [5, 5.41) is 0. The molecule has 8 heteroatoms. The number of benzene rings is 2. The molecule has 0 saturated carbocycles. The van der Waals surface area contributed by atoms with Crippen molar-refractivity contribution in [3.63, 3.8) is 0 Å². The van der Waals surface area contributed by atoms with Crippen molar-refractivity contribution in [1.82, 2.24) is 8.54 Å². The Labute approximate surface area is 150 Å². The Hall–Kier alpha value is -3.13. The highest BCUT2D eigenvalue weighted by Gasteiger charge is 2.23. The number of carbonyl (C=O) groups is 1. The minimum absolute atomic E-state index is 0.0345. The van der Waals surface area contributed by atoms with Gasteiger partial charge in [0.1, 0.15) is 5.75 Å². The number of aryl methyl sites for hydroxylation is 1. The molecule has 0 bridgehead atoms. The second kappa shape index (κ2) is 6.64. The van der Waals surface area contributed by atoms with E-state index in [1.807, 2.05) is 6.92 Å². The van der Waals surface area contributed by atoms with E-state index in [4.69, 9.17) is 4.74 Å². The summed E-state index contributed by atoms with van der Waals surface area (Å²) in [7, 11) is -2.69. The predicted octanol–water partition coefficient (Wildman–Crippen LogP) is 1.89. The lowest BCUT2D eigenvalue weighted by molar-refractivity contribution is 0.0953. The normalized spacial score (nSPS) is 11.3. The monoisotopic (exact) mass is 372 g/mol. The fourth-order valence-electron chi connectivity index (χ4n) is 2.47. The number of ether oxygens (including phenoxy) is 1. The lowest BCUT2D eigenvalue weighted by Gasteiger charge is -2.07. The maximum Gasteiger partial charge on any atom is 0.349 e. The molecule has 3 rings (SSSR count). The average Bonchev–Trinajstić information content (AvgIpc) is 3.03. The topological polar surface area (TPSA) is 87.4 Å². The summed E-state index contributed by atoms with van der Waals surface area (Å²) in [6.07, 6.45) is 2.19. The Morgan fingerprint density at radius 1 is 1.00 bits per heavy atom. The Balaban J connectivity index is 2.07. The molecule has 1 aromatic heterocycles. The Morgan fingerprint density at radius 3 is 2.31 bits per heavy atom. The van der Waals surface area contributed by atoms with Crippen LogP contribution >= 0.6 is 0 Å². The van der Waals surface area contributed by atoms with Crippen LogP contribution in [0.4, 0.5) is 0 Å². The molecule has 26 heavy (non-hydrogen) atoms. The predicted molar refractivity (Wildman–Crippen MR) is 95.2 cm³/mol. The summed E-state index contributed by atoms with van der Waals surface area (Å²) >= 11 is 0. The fourth-order valence-corrected chi connectivity index (χ4v) is 3.69. The highest BCUT2D eigenvalue weighted by Crippen LogP contribution is 2.18. The molecular weight excluding hydrogens is 356 g/mol. The van der Waals surface area contributed by atoms with Gasteiger partial charge >= 0.3 is 5.69 Å². The first-order valence-corrected chi connectivity index (χ1v) is 9.10. The van der Waals surface area contributed by atoms with Crippen LogP contribution in [0, 0.1) is 6.92 Å². The molecule has 0 amide bonds. The molecule has 7 nitrogen and oxygen atoms in total. The second-order valence-corrected chi connectivity index (χ2v) is 7.38. The smallest absolute Gasteiger partial charge is 0.349 e. The van der Waals surface area contributed by atoms with E-state index in [0.29, 0.717) is 9.72 Å². The molecule has 3 aromatic rings. The van der Waals surface area contributed by atoms with Crippen molar-refractivity contribution in [3.8, 4) is 5.75 Å². The van der Waals surface area contributed by atoms with E-state index < -0.39 is 21.6 Å². The zero-order valence-electron chi connectivity index (χ0n) is 14.1. The van der Waals surface area contributed by atoms with Gasteiger partial charge in [0.05, 0.1) is 17.6 Å². The standard InChI is InChI=1S/C18H16N2O5S/c1-13-7-9-14(10-8-13)26(23,24)20-12-11-19(18(20)22)17(21)15-5-3-4-6-16(15)25-2/h3-12H,1-2H3. The first kappa shape index (κ1) is 17.7. The first-order valence-electron chi connectivity index (χ1n) is 7.66. The maximum absolute atomic E-state index is 12.7. The number of nitrogens with zero attached hydrogens (tertiary/aromatic N) is 2. The molecule has 0 fully saturated rings. The zero-order chi connectivity index (χ0) is 18.9. The van der Waals surface area contributed by atoms with Gasteiger partial charge in [0.2, 0.25) is 0 Å². The van der Waals surface area contributed by atoms with Crippen LogP contribution in [0.1, 0.15) is 15.9 Å². The van der Waals surface area contributed by atoms with Crippen LogP contribution < -0.4 is 10.4 Å². The summed E-state index contributed by atoms with van der Waals surface area (Å²) in [6, 6.07) is 12.5. The molecule has 0 aliphatic carbocycles. The lowest BCUT2D eigenvalue weighted by atomic mass is 10.2. The summed E-state index contributed by atoms with van der Waals surface area (Å²) in [5.41, 5.74) is 0.0734. The van der Waals surface area contributed by atoms with Gasteiger partial charge < -0.3 is 4.74 Å². The molecular formula is C18H16N2O5S. The van der Waals surface area contributed by atoms with Crippen molar-refractivity contribution in [1.29, 1.82) is 0 Å². The highest BCUT2D eigenvalue weighted by molar-refractivity contribution is 7.90. The van der Waals surface area contributed by atoms with Gasteiger partial charge in [0.15, 0.2) is 0 Å². The van der Waals surface area contributed by atoms with Crippen LogP contribution in [0.25, 0.3) is 0 Å². The Bertz CT molecular complexity index is 1120. The van der Waals surface area contributed by atoms with Gasteiger partial charge in [-0.25, -0.2) is 17.8 Å². The van der Waals surface area contributed by atoms with Gasteiger partial charge in [0.25, 0.3) is 15.9 Å². The quantitative estimate of drug-likeness (QED) is 0.698. The number of para-hydroxylation sites is 1. The van der Waals surface area contributed by atoms with Crippen molar-refractivity contribution >= 4 is 15.9 Å². The molecule has 0 saturated heterocycles. The van der Waals surface area contributed by atoms with E-state index in [2.05, 4.69) is 0 Å². The SMILES string of the molecule is COc1ccccc1C(=O)n1ccn(S(=O)(=O)c2ccc(C)cc2)c1=O. The number of imidazole rings is 1. The van der Waals surface area contributed by atoms with Crippen molar-refractivity contribution in [2.75, 3.05) is 7.11 Å². The van der Waals surface area contributed by atoms with Gasteiger partial charge in [-0.15, -0.1) is 0 Å². The lowest BCUT2D eigenvalue weighted by Crippen LogP contribution is -2.32. The van der Waals surface area contributed by atoms with E-state index in [1.54, 1.807) is 30.3 Å². The van der Waals surface area contributed by atoms with Crippen LogP contribution in [-0.4, -0.2) is 30.0 Å². The van der Waals surface area contributed by atoms with Crippen LogP contribution in [0.5, 0.6) is 5.75 Å². The van der Waals surface area contributed by atoms with E-state index in [9.17, 15) is 18.0 Å². The third-order valence-corrected chi connectivity index (χ3v) is 5.54. The minimum atomic E-state index is -4.10. The Kier molecular flexibility index (Phi) is 4.52. The first-order chi connectivity index (χ1) is 12.4. The number of carbonyl (C=O) groups excluding carboxylic acids is 1. The van der Waals surface area contributed by atoms with Crippen molar-refractivity contribution < 1.29 is 17.9 Å². The molecule has 134 valence electrons. The van der Waals surface area contributed by atoms with Gasteiger partial charge in [-0.3, -0.25) is 4.79 Å². The molecule has 2 aromatic carbocycles. The third-order valence-electron chi connectivity index (χ3n) is 3.88. The molecule has 0 unspecified atom stereocenters. The molecule has 0 spiro atoms. The van der Waals surface area contributed by atoms with Crippen molar-refractivity contribution in [3.05, 3.63) is 82.5 Å². The maximum atomic E-state index is 12.7. The van der Waals surface area contributed by atoms with Gasteiger partial charge in [-0.05, 0) is 31.2 Å². The van der Waals surface area contributed by atoms with Crippen LogP contribution in [0.3, 0.4) is 0 Å². The molecule has 0 aliphatic rings. The van der Waals surface area contributed by atoms with Crippen LogP contribution in [-0.2, 0) is 10.0 Å². The molecule has 1 heterocycles. The molecule has 0 N–H and O–H groups in total. The van der Waals surface area contributed by atoms with E-state index >= 15 is 0 Å². The van der Waals surface area contributed by atoms with E-state index in [-0.39, 0.29) is 10.5 Å². The number of hydrogen-bond donors (Lipinski definition) is 0. The van der Waals surface area contributed by atoms with Crippen LogP contribution in [0.2, 0.25) is 0 Å². The van der Waals surface area contributed by atoms with Gasteiger partial charge in [-0.1, -0.05) is 29.8 Å². The molecule has 0 atom stereocenters. The number of aromatic nitrogens is 2.